The van der Waals surface area contributed by atoms with Crippen LogP contribution in [0.2, 0.25) is 0 Å². The first-order chi connectivity index (χ1) is 10.8. The molecule has 0 aromatic heterocycles. The summed E-state index contributed by atoms with van der Waals surface area (Å²) in [5.74, 6) is -1.11. The van der Waals surface area contributed by atoms with Crippen molar-refractivity contribution in [1.82, 2.24) is 0 Å². The molecule has 0 saturated carbocycles. The smallest absolute Gasteiger partial charge is 0.748 e. The molecule has 0 unspecified atom stereocenters. The van der Waals surface area contributed by atoms with Crippen LogP contribution in [0.4, 0.5) is 0 Å². The van der Waals surface area contributed by atoms with E-state index >= 15 is 0 Å². The Morgan fingerprint density at radius 1 is 0.875 bits per heavy atom. The van der Waals surface area contributed by atoms with Gasteiger partial charge in [0, 0.05) is 12.8 Å². The Bertz CT molecular complexity index is 425. The van der Waals surface area contributed by atoms with Crippen LogP contribution >= 0.6 is 0 Å². The van der Waals surface area contributed by atoms with Crippen molar-refractivity contribution in [2.24, 2.45) is 0 Å². The molecule has 0 rings (SSSR count). The fourth-order valence-corrected chi connectivity index (χ4v) is 2.24. The number of esters is 2. The maximum atomic E-state index is 11.4. The van der Waals surface area contributed by atoms with Gasteiger partial charge in [-0.1, -0.05) is 39.5 Å². The molecule has 24 heavy (non-hydrogen) atoms. The predicted molar refractivity (Wildman–Crippen MR) is 83.7 cm³/mol. The molecule has 7 nitrogen and oxygen atoms in total. The molecule has 136 valence electrons. The van der Waals surface area contributed by atoms with Gasteiger partial charge in [-0.3, -0.25) is 9.59 Å². The molecule has 0 aliphatic carbocycles. The Hall–Kier alpha value is -0.150. The van der Waals surface area contributed by atoms with Crippen LogP contribution in [-0.2, 0) is 29.2 Å². The Balaban J connectivity index is 0. The second-order valence-electron chi connectivity index (χ2n) is 5.40. The molecular formula is C15H27NaO7S. The van der Waals surface area contributed by atoms with Crippen LogP contribution in [0.5, 0.6) is 0 Å². The second kappa shape index (κ2) is 15.1. The van der Waals surface area contributed by atoms with Gasteiger partial charge in [0.1, 0.15) is 28.6 Å². The molecule has 0 radical (unpaired) electrons. The van der Waals surface area contributed by atoms with Crippen molar-refractivity contribution in [2.75, 3.05) is 13.2 Å². The number of rotatable bonds is 13. The van der Waals surface area contributed by atoms with Crippen LogP contribution in [0.1, 0.15) is 65.2 Å². The average Bonchev–Trinajstić information content (AvgIpc) is 2.46. The summed E-state index contributed by atoms with van der Waals surface area (Å²) in [5.41, 5.74) is 0. The Kier molecular flexibility index (Phi) is 16.4. The zero-order chi connectivity index (χ0) is 17.7. The summed E-state index contributed by atoms with van der Waals surface area (Å²) >= 11 is 0. The van der Waals surface area contributed by atoms with E-state index in [1.165, 1.54) is 0 Å². The number of hydrogen-bond donors (Lipinski definition) is 0. The second-order valence-corrected chi connectivity index (χ2v) is 7.05. The number of hydrogen-bond acceptors (Lipinski definition) is 7. The molecule has 0 bridgehead atoms. The van der Waals surface area contributed by atoms with Crippen molar-refractivity contribution in [3.05, 3.63) is 0 Å². The molecule has 0 heterocycles. The number of unbranched alkanes of at least 4 members (excludes halogenated alkanes) is 4. The number of carbonyl (C=O) groups excluding carboxylic acids is 2. The minimum absolute atomic E-state index is 0. The molecule has 0 N–H and O–H groups in total. The summed E-state index contributed by atoms with van der Waals surface area (Å²) in [6, 6.07) is 0. The molecule has 0 fully saturated rings. The number of ether oxygens (including phenoxy) is 2. The minimum atomic E-state index is -4.71. The molecule has 0 aromatic rings. The maximum Gasteiger partial charge on any atom is 1.00 e. The third-order valence-corrected chi connectivity index (χ3v) is 4.33. The summed E-state index contributed by atoms with van der Waals surface area (Å²) in [6.07, 6.45) is 5.28. The van der Waals surface area contributed by atoms with Crippen LogP contribution in [-0.4, -0.2) is 43.4 Å². The van der Waals surface area contributed by atoms with E-state index in [0.29, 0.717) is 12.8 Å². The quantitative estimate of drug-likeness (QED) is 0.179. The van der Waals surface area contributed by atoms with Gasteiger partial charge in [-0.05, 0) is 12.8 Å². The van der Waals surface area contributed by atoms with Gasteiger partial charge in [0.05, 0.1) is 0 Å². The first kappa shape index (κ1) is 26.1. The van der Waals surface area contributed by atoms with E-state index in [1.54, 1.807) is 0 Å². The van der Waals surface area contributed by atoms with Gasteiger partial charge < -0.3 is 14.0 Å². The first-order valence-corrected chi connectivity index (χ1v) is 9.54. The van der Waals surface area contributed by atoms with Gasteiger partial charge in [-0.15, -0.1) is 0 Å². The van der Waals surface area contributed by atoms with Crippen molar-refractivity contribution in [3.63, 3.8) is 0 Å². The largest absolute Gasteiger partial charge is 1.00 e. The van der Waals surface area contributed by atoms with Gasteiger partial charge >= 0.3 is 41.5 Å². The van der Waals surface area contributed by atoms with Gasteiger partial charge in [0.25, 0.3) is 0 Å². The SMILES string of the molecule is CCCCCC(=O)OCC(COC(=O)CCCCC)S(=O)(=O)[O-].[Na+]. The zero-order valence-corrected chi connectivity index (χ0v) is 17.7. The fourth-order valence-electron chi connectivity index (χ4n) is 1.77. The van der Waals surface area contributed by atoms with Crippen LogP contribution in [0.15, 0.2) is 0 Å². The standard InChI is InChI=1S/C15H28O7S.Na/c1-3-5-7-9-14(16)21-11-13(23(18,19)20)12-22-15(17)10-8-6-4-2;/h13H,3-12H2,1-2H3,(H,18,19,20);/q;+1/p-1. The van der Waals surface area contributed by atoms with E-state index in [1.807, 2.05) is 13.8 Å². The van der Waals surface area contributed by atoms with Crippen molar-refractivity contribution in [2.45, 2.75) is 70.5 Å². The Labute approximate surface area is 166 Å². The first-order valence-electron chi connectivity index (χ1n) is 8.07. The minimum Gasteiger partial charge on any atom is -0.748 e. The van der Waals surface area contributed by atoms with E-state index in [9.17, 15) is 22.6 Å². The van der Waals surface area contributed by atoms with E-state index in [4.69, 9.17) is 9.47 Å². The zero-order valence-electron chi connectivity index (χ0n) is 14.9. The summed E-state index contributed by atoms with van der Waals surface area (Å²) < 4.78 is 43.0. The predicted octanol–water partition coefficient (Wildman–Crippen LogP) is -0.849. The molecular weight excluding hydrogens is 347 g/mol. The third-order valence-electron chi connectivity index (χ3n) is 3.24. The van der Waals surface area contributed by atoms with Gasteiger partial charge in [0.15, 0.2) is 0 Å². The average molecular weight is 374 g/mol. The van der Waals surface area contributed by atoms with Gasteiger partial charge in [0.2, 0.25) is 0 Å². The molecule has 9 heteroatoms. The molecule has 0 aromatic carbocycles. The molecule has 0 aliphatic heterocycles. The van der Waals surface area contributed by atoms with Crippen LogP contribution in [0.3, 0.4) is 0 Å². The summed E-state index contributed by atoms with van der Waals surface area (Å²) in [5, 5.41) is -1.56. The normalized spacial score (nSPS) is 11.0. The van der Waals surface area contributed by atoms with Crippen LogP contribution < -0.4 is 29.6 Å². The Morgan fingerprint density at radius 3 is 1.54 bits per heavy atom. The molecule has 0 amide bonds. The van der Waals surface area contributed by atoms with Crippen molar-refractivity contribution >= 4 is 22.1 Å². The van der Waals surface area contributed by atoms with Gasteiger partial charge in [-0.25, -0.2) is 8.42 Å². The van der Waals surface area contributed by atoms with Crippen molar-refractivity contribution in [1.29, 1.82) is 0 Å². The molecule has 0 aliphatic rings. The van der Waals surface area contributed by atoms with Crippen LogP contribution in [0.25, 0.3) is 0 Å². The molecule has 0 atom stereocenters. The topological polar surface area (TPSA) is 110 Å². The fraction of sp³-hybridized carbons (Fsp3) is 0.867. The van der Waals surface area contributed by atoms with E-state index in [2.05, 4.69) is 0 Å². The maximum absolute atomic E-state index is 11.4. The summed E-state index contributed by atoms with van der Waals surface area (Å²) in [7, 11) is -4.71. The Morgan fingerprint density at radius 2 is 1.25 bits per heavy atom. The monoisotopic (exact) mass is 374 g/mol. The van der Waals surface area contributed by atoms with Crippen LogP contribution in [0, 0.1) is 0 Å². The summed E-state index contributed by atoms with van der Waals surface area (Å²) in [6.45, 7) is 2.80. The van der Waals surface area contributed by atoms with E-state index in [-0.39, 0.29) is 42.4 Å². The third kappa shape index (κ3) is 14.2. The van der Waals surface area contributed by atoms with Crippen molar-refractivity contribution in [3.8, 4) is 0 Å². The van der Waals surface area contributed by atoms with E-state index < -0.39 is 40.5 Å². The molecule has 0 saturated heterocycles. The summed E-state index contributed by atoms with van der Waals surface area (Å²) in [4.78, 5) is 22.9. The molecule has 0 spiro atoms. The van der Waals surface area contributed by atoms with Crippen molar-refractivity contribution < 1.29 is 61.6 Å². The van der Waals surface area contributed by atoms with Gasteiger partial charge in [-0.2, -0.15) is 0 Å². The van der Waals surface area contributed by atoms with E-state index in [0.717, 1.165) is 25.7 Å². The number of carbonyl (C=O) groups is 2.